The lowest BCUT2D eigenvalue weighted by Gasteiger charge is -2.32. The number of aryl methyl sites for hydroxylation is 2. The van der Waals surface area contributed by atoms with Crippen molar-refractivity contribution in [3.63, 3.8) is 0 Å². The summed E-state index contributed by atoms with van der Waals surface area (Å²) in [6.07, 6.45) is 4.47. The summed E-state index contributed by atoms with van der Waals surface area (Å²) in [5.74, 6) is 0.243. The van der Waals surface area contributed by atoms with Crippen LogP contribution in [0, 0.1) is 25.2 Å². The molecule has 1 aliphatic rings. The maximum absolute atomic E-state index is 12.5. The Kier molecular flexibility index (Phi) is 5.63. The van der Waals surface area contributed by atoms with Crippen LogP contribution in [0.2, 0.25) is 0 Å². The lowest BCUT2D eigenvalue weighted by Crippen LogP contribution is -2.50. The molecule has 0 aliphatic heterocycles. The minimum Gasteiger partial charge on any atom is -0.410 e. The highest BCUT2D eigenvalue weighted by Gasteiger charge is 2.35. The van der Waals surface area contributed by atoms with Gasteiger partial charge in [0, 0.05) is 0 Å². The smallest absolute Gasteiger partial charge is 0.277 e. The molecule has 2 aromatic rings. The number of thioether (sulfide) groups is 1. The van der Waals surface area contributed by atoms with Gasteiger partial charge in [-0.15, -0.1) is 21.5 Å². The fourth-order valence-corrected chi connectivity index (χ4v) is 4.57. The van der Waals surface area contributed by atoms with Crippen molar-refractivity contribution in [2.24, 2.45) is 0 Å². The van der Waals surface area contributed by atoms with Crippen LogP contribution in [0.5, 0.6) is 0 Å². The summed E-state index contributed by atoms with van der Waals surface area (Å²) in [4.78, 5) is 17.7. The second-order valence-corrected chi connectivity index (χ2v) is 9.02. The normalized spacial score (nSPS) is 17.5. The van der Waals surface area contributed by atoms with Crippen LogP contribution in [0.4, 0.5) is 0 Å². The zero-order valence-electron chi connectivity index (χ0n) is 15.0. The first kappa shape index (κ1) is 18.9. The van der Waals surface area contributed by atoms with Gasteiger partial charge in [0.15, 0.2) is 0 Å². The first-order valence-corrected chi connectivity index (χ1v) is 10.3. The minimum absolute atomic E-state index is 0.178. The van der Waals surface area contributed by atoms with Crippen LogP contribution < -0.4 is 5.32 Å². The molecule has 138 valence electrons. The highest BCUT2D eigenvalue weighted by atomic mass is 32.2. The average Bonchev–Trinajstić information content (AvgIpc) is 3.21. The van der Waals surface area contributed by atoms with Crippen molar-refractivity contribution >= 4 is 29.0 Å². The van der Waals surface area contributed by atoms with Crippen LogP contribution in [0.25, 0.3) is 10.8 Å². The summed E-state index contributed by atoms with van der Waals surface area (Å²) in [6.45, 7) is 5.60. The number of nitrogens with one attached hydrogen (secondary N) is 1. The predicted octanol–water partition coefficient (Wildman–Crippen LogP) is 3.63. The highest BCUT2D eigenvalue weighted by Crippen LogP contribution is 2.32. The van der Waals surface area contributed by atoms with Crippen molar-refractivity contribution in [1.29, 1.82) is 5.26 Å². The third-order valence-corrected chi connectivity index (χ3v) is 6.43. The number of hydrogen-bond acceptors (Lipinski definition) is 8. The molecule has 3 rings (SSSR count). The molecule has 26 heavy (non-hydrogen) atoms. The second kappa shape index (κ2) is 7.76. The molecule has 0 saturated heterocycles. The number of hydrogen-bond donors (Lipinski definition) is 1. The van der Waals surface area contributed by atoms with Gasteiger partial charge in [0.1, 0.15) is 10.4 Å². The first-order chi connectivity index (χ1) is 12.4. The maximum Gasteiger partial charge on any atom is 0.277 e. The van der Waals surface area contributed by atoms with Crippen LogP contribution in [0.15, 0.2) is 9.64 Å². The zero-order valence-corrected chi connectivity index (χ0v) is 16.7. The number of rotatable bonds is 5. The largest absolute Gasteiger partial charge is 0.410 e. The lowest BCUT2D eigenvalue weighted by molar-refractivity contribution is -0.122. The van der Waals surface area contributed by atoms with E-state index in [4.69, 9.17) is 4.42 Å². The monoisotopic (exact) mass is 391 g/mol. The quantitative estimate of drug-likeness (QED) is 0.776. The van der Waals surface area contributed by atoms with E-state index in [-0.39, 0.29) is 5.91 Å². The number of thiazole rings is 1. The molecule has 1 atom stereocenters. The number of carbonyl (C=O) groups is 1. The average molecular weight is 392 g/mol. The molecule has 2 aromatic heterocycles. The molecule has 0 bridgehead atoms. The molecule has 7 nitrogen and oxygen atoms in total. The summed E-state index contributed by atoms with van der Waals surface area (Å²) in [6, 6.07) is 2.30. The molecule has 1 N–H and O–H groups in total. The van der Waals surface area contributed by atoms with E-state index in [1.54, 1.807) is 6.92 Å². The van der Waals surface area contributed by atoms with Crippen LogP contribution in [0.1, 0.15) is 49.7 Å². The number of nitrogens with zero attached hydrogens (tertiary/aromatic N) is 4. The van der Waals surface area contributed by atoms with E-state index < -0.39 is 10.8 Å². The zero-order chi connectivity index (χ0) is 18.7. The summed E-state index contributed by atoms with van der Waals surface area (Å²) in [5.41, 5.74) is 0.119. The fourth-order valence-electron chi connectivity index (χ4n) is 3.04. The van der Waals surface area contributed by atoms with Crippen molar-refractivity contribution in [2.45, 2.75) is 68.9 Å². The Balaban J connectivity index is 1.64. The molecule has 0 aromatic carbocycles. The van der Waals surface area contributed by atoms with E-state index in [1.807, 2.05) is 13.8 Å². The molecule has 1 unspecified atom stereocenters. The van der Waals surface area contributed by atoms with Crippen LogP contribution in [0.3, 0.4) is 0 Å². The van der Waals surface area contributed by atoms with Gasteiger partial charge in [-0.1, -0.05) is 31.0 Å². The third kappa shape index (κ3) is 4.07. The Morgan fingerprint density at radius 1 is 1.35 bits per heavy atom. The summed E-state index contributed by atoms with van der Waals surface area (Å²) < 4.78 is 5.69. The van der Waals surface area contributed by atoms with Gasteiger partial charge < -0.3 is 9.73 Å². The SMILES string of the molecule is Cc1nc(C)c(-c2nnc(SC(C)C(=O)NC3(C#N)CCCCC3)o2)s1. The molecule has 1 amide bonds. The van der Waals surface area contributed by atoms with Crippen molar-refractivity contribution < 1.29 is 9.21 Å². The van der Waals surface area contributed by atoms with Crippen molar-refractivity contribution in [3.8, 4) is 16.8 Å². The van der Waals surface area contributed by atoms with E-state index in [2.05, 4.69) is 26.6 Å². The highest BCUT2D eigenvalue weighted by molar-refractivity contribution is 8.00. The molecule has 0 spiro atoms. The molecule has 0 radical (unpaired) electrons. The van der Waals surface area contributed by atoms with Gasteiger partial charge in [0.2, 0.25) is 5.91 Å². The van der Waals surface area contributed by atoms with Gasteiger partial charge in [0.05, 0.1) is 22.0 Å². The van der Waals surface area contributed by atoms with Gasteiger partial charge in [-0.05, 0) is 33.6 Å². The first-order valence-electron chi connectivity index (χ1n) is 8.60. The predicted molar refractivity (Wildman–Crippen MR) is 99.8 cm³/mol. The van der Waals surface area contributed by atoms with Crippen molar-refractivity contribution in [2.75, 3.05) is 0 Å². The molecular weight excluding hydrogens is 370 g/mol. The topological polar surface area (TPSA) is 105 Å². The van der Waals surface area contributed by atoms with E-state index in [0.717, 1.165) is 34.8 Å². The molecule has 1 saturated carbocycles. The van der Waals surface area contributed by atoms with Crippen LogP contribution in [-0.4, -0.2) is 31.9 Å². The van der Waals surface area contributed by atoms with Crippen LogP contribution >= 0.6 is 23.1 Å². The number of carbonyl (C=O) groups excluding carboxylic acids is 1. The van der Waals surface area contributed by atoms with E-state index in [1.165, 1.54) is 23.1 Å². The Morgan fingerprint density at radius 2 is 2.08 bits per heavy atom. The van der Waals surface area contributed by atoms with E-state index in [0.29, 0.717) is 24.0 Å². The Hall–Kier alpha value is -1.92. The molecule has 1 fully saturated rings. The van der Waals surface area contributed by atoms with E-state index >= 15 is 0 Å². The molecule has 1 aliphatic carbocycles. The summed E-state index contributed by atoms with van der Waals surface area (Å²) >= 11 is 2.70. The standard InChI is InChI=1S/C17H21N5O2S2/c1-10-13(26-12(3)19-10)15-21-22-16(24-15)25-11(2)14(23)20-17(9-18)7-5-4-6-8-17/h11H,4-8H2,1-3H3,(H,20,23). The number of amides is 1. The van der Waals surface area contributed by atoms with Crippen molar-refractivity contribution in [1.82, 2.24) is 20.5 Å². The Morgan fingerprint density at radius 3 is 2.69 bits per heavy atom. The number of aromatic nitrogens is 3. The fraction of sp³-hybridized carbons (Fsp3) is 0.588. The molecular formula is C17H21N5O2S2. The molecule has 2 heterocycles. The summed E-state index contributed by atoms with van der Waals surface area (Å²) in [7, 11) is 0. The minimum atomic E-state index is -0.735. The van der Waals surface area contributed by atoms with Crippen molar-refractivity contribution in [3.05, 3.63) is 10.7 Å². The van der Waals surface area contributed by atoms with Gasteiger partial charge in [-0.25, -0.2) is 4.98 Å². The Labute approximate surface area is 160 Å². The second-order valence-electron chi connectivity index (χ2n) is 6.52. The molecule has 9 heteroatoms. The Bertz CT molecular complexity index is 833. The van der Waals surface area contributed by atoms with Gasteiger partial charge >= 0.3 is 0 Å². The number of nitriles is 1. The third-order valence-electron chi connectivity index (χ3n) is 4.43. The maximum atomic E-state index is 12.5. The lowest BCUT2D eigenvalue weighted by atomic mass is 9.83. The van der Waals surface area contributed by atoms with Gasteiger partial charge in [-0.2, -0.15) is 5.26 Å². The van der Waals surface area contributed by atoms with Gasteiger partial charge in [0.25, 0.3) is 11.1 Å². The van der Waals surface area contributed by atoms with Gasteiger partial charge in [-0.3, -0.25) is 4.79 Å². The van der Waals surface area contributed by atoms with E-state index in [9.17, 15) is 10.1 Å². The van der Waals surface area contributed by atoms with Crippen LogP contribution in [-0.2, 0) is 4.79 Å². The summed E-state index contributed by atoms with van der Waals surface area (Å²) in [5, 5.41) is 21.4.